The van der Waals surface area contributed by atoms with Crippen molar-refractivity contribution in [1.29, 1.82) is 0 Å². The van der Waals surface area contributed by atoms with Crippen molar-refractivity contribution in [2.24, 2.45) is 0 Å². The summed E-state index contributed by atoms with van der Waals surface area (Å²) in [4.78, 5) is 30.6. The molecule has 6 heteroatoms. The first-order chi connectivity index (χ1) is 14.6. The molecule has 2 heterocycles. The highest BCUT2D eigenvalue weighted by Crippen LogP contribution is 2.34. The van der Waals surface area contributed by atoms with Gasteiger partial charge in [0, 0.05) is 24.5 Å². The number of nitrogens with zero attached hydrogens (tertiary/aromatic N) is 1. The molecule has 0 saturated carbocycles. The number of hydrogen-bond donors (Lipinski definition) is 1. The summed E-state index contributed by atoms with van der Waals surface area (Å²) in [5, 5.41) is 0. The normalized spacial score (nSPS) is 18.4. The smallest absolute Gasteiger partial charge is 0.315 e. The molecular weight excluding hydrogens is 383 g/mol. The zero-order chi connectivity index (χ0) is 21.9. The predicted molar refractivity (Wildman–Crippen MR) is 117 cm³/mol. The van der Waals surface area contributed by atoms with Gasteiger partial charge >= 0.3 is 5.97 Å². The summed E-state index contributed by atoms with van der Waals surface area (Å²) in [5.41, 5.74) is 4.99. The van der Waals surface area contributed by atoms with Gasteiger partial charge in [0.25, 0.3) is 0 Å². The van der Waals surface area contributed by atoms with Gasteiger partial charge in [-0.05, 0) is 69.1 Å². The maximum absolute atomic E-state index is 12.6. The molecule has 0 fully saturated rings. The van der Waals surface area contributed by atoms with Crippen molar-refractivity contribution in [2.45, 2.75) is 64.7 Å². The van der Waals surface area contributed by atoms with Gasteiger partial charge < -0.3 is 14.6 Å². The Bertz CT molecular complexity index is 754. The number of ether oxygens (including phenoxy) is 1. The third-order valence-electron chi connectivity index (χ3n) is 5.60. The van der Waals surface area contributed by atoms with Crippen molar-refractivity contribution >= 4 is 11.9 Å². The van der Waals surface area contributed by atoms with Gasteiger partial charge in [-0.2, -0.15) is 0 Å². The number of rotatable bonds is 5. The minimum absolute atomic E-state index is 0.0438. The molecule has 1 aliphatic heterocycles. The quantitative estimate of drug-likeness (QED) is 0.437. The van der Waals surface area contributed by atoms with Crippen molar-refractivity contribution < 1.29 is 18.7 Å². The number of alkyl halides is 1. The molecule has 166 valence electrons. The largest absolute Gasteiger partial charge is 0.465 e. The zero-order valence-corrected chi connectivity index (χ0v) is 18.3. The van der Waals surface area contributed by atoms with E-state index in [1.165, 1.54) is 35.7 Å². The Morgan fingerprint density at radius 1 is 1.20 bits per heavy atom. The molecule has 0 radical (unpaired) electrons. The highest BCUT2D eigenvalue weighted by Gasteiger charge is 2.32. The third-order valence-corrected chi connectivity index (χ3v) is 5.60. The zero-order valence-electron chi connectivity index (χ0n) is 18.3. The first-order valence-corrected chi connectivity index (χ1v) is 11.1. The summed E-state index contributed by atoms with van der Waals surface area (Å²) in [6.45, 7) is 8.22. The van der Waals surface area contributed by atoms with Gasteiger partial charge in [0.1, 0.15) is 6.67 Å². The number of amides is 1. The second kappa shape index (κ2) is 12.4. The van der Waals surface area contributed by atoms with Crippen molar-refractivity contribution in [3.63, 3.8) is 0 Å². The number of carbonyl (C=O) groups is 2. The van der Waals surface area contributed by atoms with Crippen molar-refractivity contribution in [3.8, 4) is 0 Å². The summed E-state index contributed by atoms with van der Waals surface area (Å²) in [6, 6.07) is 0. The summed E-state index contributed by atoms with van der Waals surface area (Å²) in [7, 11) is 0. The van der Waals surface area contributed by atoms with Crippen LogP contribution >= 0.6 is 0 Å². The van der Waals surface area contributed by atoms with E-state index in [-0.39, 0.29) is 17.8 Å². The van der Waals surface area contributed by atoms with Crippen LogP contribution in [-0.4, -0.2) is 48.1 Å². The molecule has 0 spiro atoms. The van der Waals surface area contributed by atoms with Crippen molar-refractivity contribution in [2.75, 3.05) is 26.4 Å². The Kier molecular flexibility index (Phi) is 9.84. The van der Waals surface area contributed by atoms with Crippen molar-refractivity contribution in [1.82, 2.24) is 9.88 Å². The standard InChI is InChI=1S/C21H30N2O3.C3H5F/c1-3-5-10-19(24)23-13-11-16-15-8-6-7-9-18(15)22-20(16)17(12-14-23)21(25)26-4-2;1-2-3-4/h5,10,17,22H,3-4,6-9,11-14H2,1-2H3;2H,1,3H2/b10-5+;. The number of aromatic amines is 1. The van der Waals surface area contributed by atoms with Crippen LogP contribution in [0, 0.1) is 0 Å². The number of halogens is 1. The Balaban J connectivity index is 0.000000735. The molecule has 30 heavy (non-hydrogen) atoms. The van der Waals surface area contributed by atoms with Gasteiger partial charge in [-0.1, -0.05) is 19.1 Å². The first kappa shape index (κ1) is 23.9. The lowest BCUT2D eigenvalue weighted by Crippen LogP contribution is -2.36. The topological polar surface area (TPSA) is 62.4 Å². The van der Waals surface area contributed by atoms with Gasteiger partial charge in [-0.25, -0.2) is 4.39 Å². The maximum atomic E-state index is 12.6. The predicted octanol–water partition coefficient (Wildman–Crippen LogP) is 4.42. The average Bonchev–Trinajstić information content (AvgIpc) is 3.10. The van der Waals surface area contributed by atoms with E-state index in [1.807, 2.05) is 24.8 Å². The van der Waals surface area contributed by atoms with Crippen molar-refractivity contribution in [3.05, 3.63) is 47.3 Å². The van der Waals surface area contributed by atoms with Gasteiger partial charge in [0.2, 0.25) is 5.91 Å². The SMILES string of the molecule is C=CCF.CC/C=C/C(=O)N1CCc2c([nH]c3c2CCCC3)C(C(=O)OCC)CC1. The number of nitrogens with one attached hydrogen (secondary N) is 1. The Labute approximate surface area is 179 Å². The monoisotopic (exact) mass is 418 g/mol. The molecule has 3 rings (SSSR count). The molecule has 1 aromatic heterocycles. The van der Waals surface area contributed by atoms with Crippen LogP contribution in [-0.2, 0) is 33.6 Å². The lowest BCUT2D eigenvalue weighted by molar-refractivity contribution is -0.145. The number of carbonyl (C=O) groups excluding carboxylic acids is 2. The van der Waals surface area contributed by atoms with E-state index in [2.05, 4.69) is 11.6 Å². The van der Waals surface area contributed by atoms with Gasteiger partial charge in [0.15, 0.2) is 0 Å². The lowest BCUT2D eigenvalue weighted by atomic mass is 9.89. The van der Waals surface area contributed by atoms with E-state index in [1.54, 1.807) is 6.08 Å². The molecule has 1 unspecified atom stereocenters. The van der Waals surface area contributed by atoms with Crippen LogP contribution in [0.4, 0.5) is 4.39 Å². The van der Waals surface area contributed by atoms with Gasteiger partial charge in [-0.3, -0.25) is 9.59 Å². The van der Waals surface area contributed by atoms with Crippen LogP contribution in [0.1, 0.15) is 68.0 Å². The Morgan fingerprint density at radius 3 is 2.60 bits per heavy atom. The molecule has 1 aromatic rings. The number of H-pyrrole nitrogens is 1. The van der Waals surface area contributed by atoms with Crippen LogP contribution in [0.15, 0.2) is 24.8 Å². The number of fused-ring (bicyclic) bond motifs is 3. The molecule has 1 N–H and O–H groups in total. The molecule has 0 saturated heterocycles. The van der Waals surface area contributed by atoms with Crippen LogP contribution < -0.4 is 0 Å². The minimum atomic E-state index is -0.417. The van der Waals surface area contributed by atoms with Gasteiger partial charge in [0.05, 0.1) is 12.5 Å². The van der Waals surface area contributed by atoms with E-state index in [0.29, 0.717) is 26.1 Å². The molecule has 1 atom stereocenters. The fourth-order valence-corrected chi connectivity index (χ4v) is 4.17. The number of allylic oxidation sites excluding steroid dienone is 2. The van der Waals surface area contributed by atoms with E-state index in [4.69, 9.17) is 4.74 Å². The summed E-state index contributed by atoms with van der Waals surface area (Å²) in [5.74, 6) is -0.436. The molecule has 1 amide bonds. The van der Waals surface area contributed by atoms with Crippen LogP contribution in [0.25, 0.3) is 0 Å². The maximum Gasteiger partial charge on any atom is 0.315 e. The molecule has 5 nitrogen and oxygen atoms in total. The van der Waals surface area contributed by atoms with Gasteiger partial charge in [-0.15, -0.1) is 6.58 Å². The number of aromatic nitrogens is 1. The number of esters is 1. The van der Waals surface area contributed by atoms with Crippen LogP contribution in [0.5, 0.6) is 0 Å². The van der Waals surface area contributed by atoms with E-state index in [9.17, 15) is 14.0 Å². The average molecular weight is 419 g/mol. The highest BCUT2D eigenvalue weighted by atomic mass is 19.1. The lowest BCUT2D eigenvalue weighted by Gasteiger charge is -2.27. The number of hydrogen-bond acceptors (Lipinski definition) is 3. The summed E-state index contributed by atoms with van der Waals surface area (Å²) in [6.07, 6.45) is 11.6. The molecule has 0 aromatic carbocycles. The summed E-state index contributed by atoms with van der Waals surface area (Å²) < 4.78 is 16.0. The first-order valence-electron chi connectivity index (χ1n) is 11.1. The van der Waals surface area contributed by atoms with Crippen LogP contribution in [0.3, 0.4) is 0 Å². The Hall–Kier alpha value is -2.37. The second-order valence-corrected chi connectivity index (χ2v) is 7.60. The van der Waals surface area contributed by atoms with E-state index < -0.39 is 6.67 Å². The molecular formula is C24H35FN2O3. The van der Waals surface area contributed by atoms with E-state index in [0.717, 1.165) is 31.4 Å². The minimum Gasteiger partial charge on any atom is -0.465 e. The number of aryl methyl sites for hydroxylation is 1. The van der Waals surface area contributed by atoms with Crippen LogP contribution in [0.2, 0.25) is 0 Å². The Morgan fingerprint density at radius 2 is 1.93 bits per heavy atom. The fourth-order valence-electron chi connectivity index (χ4n) is 4.17. The molecule has 2 aliphatic rings. The van der Waals surface area contributed by atoms with E-state index >= 15 is 0 Å². The molecule has 0 bridgehead atoms. The molecule has 1 aliphatic carbocycles. The summed E-state index contributed by atoms with van der Waals surface area (Å²) >= 11 is 0. The fraction of sp³-hybridized carbons (Fsp3) is 0.583. The highest BCUT2D eigenvalue weighted by molar-refractivity contribution is 5.87. The second-order valence-electron chi connectivity index (χ2n) is 7.60. The third kappa shape index (κ3) is 6.07.